The maximum absolute atomic E-state index is 9.38. The summed E-state index contributed by atoms with van der Waals surface area (Å²) >= 11 is 0. The van der Waals surface area contributed by atoms with E-state index >= 15 is 0 Å². The van der Waals surface area contributed by atoms with E-state index in [9.17, 15) is 5.26 Å². The van der Waals surface area contributed by atoms with Gasteiger partial charge in [-0.15, -0.1) is 0 Å². The summed E-state index contributed by atoms with van der Waals surface area (Å²) < 4.78 is 11.2. The fourth-order valence-electron chi connectivity index (χ4n) is 3.39. The van der Waals surface area contributed by atoms with Crippen LogP contribution in [0, 0.1) is 23.2 Å². The van der Waals surface area contributed by atoms with Crippen molar-refractivity contribution in [1.29, 1.82) is 5.26 Å². The van der Waals surface area contributed by atoms with Crippen LogP contribution < -0.4 is 5.32 Å². The molecule has 1 saturated carbocycles. The first-order valence-electron chi connectivity index (χ1n) is 7.56. The lowest BCUT2D eigenvalue weighted by Crippen LogP contribution is -2.45. The van der Waals surface area contributed by atoms with Crippen LogP contribution in [0.1, 0.15) is 38.5 Å². The second-order valence-corrected chi connectivity index (χ2v) is 5.84. The number of rotatable bonds is 6. The Morgan fingerprint density at radius 3 is 2.84 bits per heavy atom. The van der Waals surface area contributed by atoms with Crippen molar-refractivity contribution in [1.82, 2.24) is 5.32 Å². The Hall–Kier alpha value is -0.630. The van der Waals surface area contributed by atoms with Gasteiger partial charge in [-0.1, -0.05) is 6.42 Å². The molecule has 2 fully saturated rings. The van der Waals surface area contributed by atoms with Gasteiger partial charge in [0.1, 0.15) is 5.54 Å². The summed E-state index contributed by atoms with van der Waals surface area (Å²) in [5.74, 6) is 1.11. The number of ether oxygens (including phenoxy) is 2. The van der Waals surface area contributed by atoms with E-state index in [1.807, 2.05) is 7.05 Å². The van der Waals surface area contributed by atoms with Crippen molar-refractivity contribution in [2.24, 2.45) is 11.8 Å². The third-order valence-electron chi connectivity index (χ3n) is 4.77. The van der Waals surface area contributed by atoms with Gasteiger partial charge in [-0.25, -0.2) is 0 Å². The van der Waals surface area contributed by atoms with Crippen LogP contribution in [-0.4, -0.2) is 39.0 Å². The molecule has 0 spiro atoms. The zero-order valence-corrected chi connectivity index (χ0v) is 12.0. The third kappa shape index (κ3) is 3.68. The van der Waals surface area contributed by atoms with Crippen molar-refractivity contribution in [3.8, 4) is 6.07 Å². The topological polar surface area (TPSA) is 54.3 Å². The van der Waals surface area contributed by atoms with E-state index in [-0.39, 0.29) is 5.54 Å². The van der Waals surface area contributed by atoms with Gasteiger partial charge >= 0.3 is 0 Å². The molecule has 2 unspecified atom stereocenters. The molecule has 0 aromatic rings. The minimum atomic E-state index is -0.304. The quantitative estimate of drug-likeness (QED) is 0.748. The van der Waals surface area contributed by atoms with Crippen LogP contribution in [-0.2, 0) is 9.47 Å². The predicted molar refractivity (Wildman–Crippen MR) is 73.7 cm³/mol. The molecule has 2 aliphatic rings. The highest BCUT2D eigenvalue weighted by molar-refractivity contribution is 5.13. The van der Waals surface area contributed by atoms with E-state index in [4.69, 9.17) is 9.47 Å². The maximum Gasteiger partial charge on any atom is 0.109 e. The molecule has 4 nitrogen and oxygen atoms in total. The molecule has 0 aromatic heterocycles. The summed E-state index contributed by atoms with van der Waals surface area (Å²) in [6.07, 6.45) is 6.53. The molecule has 0 aromatic carbocycles. The maximum atomic E-state index is 9.38. The number of hydrogen-bond donors (Lipinski definition) is 1. The van der Waals surface area contributed by atoms with Gasteiger partial charge < -0.3 is 14.8 Å². The van der Waals surface area contributed by atoms with Crippen molar-refractivity contribution < 1.29 is 9.47 Å². The second-order valence-electron chi connectivity index (χ2n) is 5.84. The Balaban J connectivity index is 1.66. The fraction of sp³-hybridized carbons (Fsp3) is 0.933. The largest absolute Gasteiger partial charge is 0.381 e. The Kier molecular flexibility index (Phi) is 5.62. The fourth-order valence-corrected chi connectivity index (χ4v) is 3.39. The van der Waals surface area contributed by atoms with Crippen molar-refractivity contribution in [3.05, 3.63) is 0 Å². The third-order valence-corrected chi connectivity index (χ3v) is 4.77. The van der Waals surface area contributed by atoms with Gasteiger partial charge in [0.15, 0.2) is 0 Å². The van der Waals surface area contributed by atoms with Crippen LogP contribution >= 0.6 is 0 Å². The first-order chi connectivity index (χ1) is 9.30. The molecule has 1 aliphatic heterocycles. The highest BCUT2D eigenvalue weighted by Gasteiger charge is 2.41. The highest BCUT2D eigenvalue weighted by atomic mass is 16.5. The standard InChI is InChI=1S/C15H26N2O2/c1-17-15(12-16)7-2-3-14(15)6-10-19-11-13-4-8-18-9-5-13/h13-14,17H,2-11H2,1H3. The Labute approximate surface area is 116 Å². The van der Waals surface area contributed by atoms with Crippen LogP contribution in [0.25, 0.3) is 0 Å². The van der Waals surface area contributed by atoms with E-state index in [2.05, 4.69) is 11.4 Å². The molecule has 1 N–H and O–H groups in total. The molecule has 0 radical (unpaired) electrons. The SMILES string of the molecule is CNC1(C#N)CCCC1CCOCC1CCOCC1. The van der Waals surface area contributed by atoms with E-state index in [0.29, 0.717) is 11.8 Å². The molecule has 108 valence electrons. The van der Waals surface area contributed by atoms with E-state index in [1.165, 1.54) is 0 Å². The van der Waals surface area contributed by atoms with Crippen LogP contribution in [0.5, 0.6) is 0 Å². The Bertz CT molecular complexity index is 310. The van der Waals surface area contributed by atoms with Crippen molar-refractivity contribution in [2.45, 2.75) is 44.1 Å². The summed E-state index contributed by atoms with van der Waals surface area (Å²) in [5, 5.41) is 12.6. The van der Waals surface area contributed by atoms with Crippen LogP contribution in [0.15, 0.2) is 0 Å². The summed E-state index contributed by atoms with van der Waals surface area (Å²) in [6, 6.07) is 2.48. The second kappa shape index (κ2) is 7.23. The molecule has 2 atom stereocenters. The van der Waals surface area contributed by atoms with Gasteiger partial charge in [0.25, 0.3) is 0 Å². The molecule has 1 saturated heterocycles. The smallest absolute Gasteiger partial charge is 0.109 e. The predicted octanol–water partition coefficient (Wildman–Crippen LogP) is 2.10. The van der Waals surface area contributed by atoms with Gasteiger partial charge in [-0.3, -0.25) is 0 Å². The molecule has 4 heteroatoms. The minimum absolute atomic E-state index is 0.304. The molecular weight excluding hydrogens is 240 g/mol. The van der Waals surface area contributed by atoms with Crippen molar-refractivity contribution >= 4 is 0 Å². The summed E-state index contributed by atoms with van der Waals surface area (Å²) in [5.41, 5.74) is -0.304. The highest BCUT2D eigenvalue weighted by Crippen LogP contribution is 2.37. The van der Waals surface area contributed by atoms with Crippen LogP contribution in [0.2, 0.25) is 0 Å². The van der Waals surface area contributed by atoms with Gasteiger partial charge in [0, 0.05) is 26.4 Å². The van der Waals surface area contributed by atoms with Gasteiger partial charge in [-0.2, -0.15) is 5.26 Å². The molecule has 1 heterocycles. The lowest BCUT2D eigenvalue weighted by atomic mass is 9.86. The summed E-state index contributed by atoms with van der Waals surface area (Å²) in [7, 11) is 1.91. The zero-order valence-electron chi connectivity index (χ0n) is 12.0. The summed E-state index contributed by atoms with van der Waals surface area (Å²) in [6.45, 7) is 3.41. The van der Waals surface area contributed by atoms with Gasteiger partial charge in [0.2, 0.25) is 0 Å². The Morgan fingerprint density at radius 1 is 1.37 bits per heavy atom. The Morgan fingerprint density at radius 2 is 2.16 bits per heavy atom. The molecule has 2 rings (SSSR count). The lowest BCUT2D eigenvalue weighted by Gasteiger charge is -2.28. The van der Waals surface area contributed by atoms with Crippen LogP contribution in [0.4, 0.5) is 0 Å². The van der Waals surface area contributed by atoms with Crippen molar-refractivity contribution in [2.75, 3.05) is 33.5 Å². The molecule has 0 bridgehead atoms. The van der Waals surface area contributed by atoms with E-state index < -0.39 is 0 Å². The molecule has 19 heavy (non-hydrogen) atoms. The number of hydrogen-bond acceptors (Lipinski definition) is 4. The average molecular weight is 266 g/mol. The van der Waals surface area contributed by atoms with Crippen LogP contribution in [0.3, 0.4) is 0 Å². The number of nitrogens with one attached hydrogen (secondary N) is 1. The molecule has 0 amide bonds. The first-order valence-corrected chi connectivity index (χ1v) is 7.56. The number of nitrogens with zero attached hydrogens (tertiary/aromatic N) is 1. The normalized spacial score (nSPS) is 32.3. The van der Waals surface area contributed by atoms with E-state index in [0.717, 1.165) is 65.0 Å². The minimum Gasteiger partial charge on any atom is -0.381 e. The average Bonchev–Trinajstić information content (AvgIpc) is 2.88. The lowest BCUT2D eigenvalue weighted by molar-refractivity contribution is 0.0165. The van der Waals surface area contributed by atoms with Crippen molar-refractivity contribution in [3.63, 3.8) is 0 Å². The van der Waals surface area contributed by atoms with Gasteiger partial charge in [-0.05, 0) is 51.0 Å². The van der Waals surface area contributed by atoms with Gasteiger partial charge in [0.05, 0.1) is 6.07 Å². The number of nitriles is 1. The monoisotopic (exact) mass is 266 g/mol. The first kappa shape index (κ1) is 14.8. The van der Waals surface area contributed by atoms with E-state index in [1.54, 1.807) is 0 Å². The zero-order chi connectivity index (χ0) is 13.6. The summed E-state index contributed by atoms with van der Waals surface area (Å²) in [4.78, 5) is 0. The molecule has 1 aliphatic carbocycles. The molecular formula is C15H26N2O2.